The maximum atomic E-state index is 8.99. The molecular formula is C14H21BrN2O. The van der Waals surface area contributed by atoms with E-state index in [0.717, 1.165) is 19.6 Å². The Morgan fingerprint density at radius 1 is 1.50 bits per heavy atom. The van der Waals surface area contributed by atoms with Crippen molar-refractivity contribution in [1.82, 2.24) is 4.90 Å². The largest absolute Gasteiger partial charge is 0.395 e. The second-order valence-electron chi connectivity index (χ2n) is 5.03. The summed E-state index contributed by atoms with van der Waals surface area (Å²) in [5.74, 6) is 0. The molecule has 0 aliphatic carbocycles. The molecule has 1 unspecified atom stereocenters. The van der Waals surface area contributed by atoms with Crippen molar-refractivity contribution in [2.75, 3.05) is 38.2 Å². The van der Waals surface area contributed by atoms with Crippen molar-refractivity contribution in [3.05, 3.63) is 28.2 Å². The van der Waals surface area contributed by atoms with Crippen LogP contribution in [-0.4, -0.2) is 49.3 Å². The van der Waals surface area contributed by atoms with Gasteiger partial charge in [0.1, 0.15) is 0 Å². The average molecular weight is 313 g/mol. The van der Waals surface area contributed by atoms with Crippen molar-refractivity contribution < 1.29 is 5.11 Å². The Bertz CT molecular complexity index is 411. The molecule has 1 fully saturated rings. The zero-order valence-electron chi connectivity index (χ0n) is 11.1. The lowest BCUT2D eigenvalue weighted by Gasteiger charge is -2.24. The molecule has 18 heavy (non-hydrogen) atoms. The van der Waals surface area contributed by atoms with Crippen molar-refractivity contribution in [1.29, 1.82) is 0 Å². The van der Waals surface area contributed by atoms with Gasteiger partial charge in [-0.2, -0.15) is 0 Å². The number of benzene rings is 1. The summed E-state index contributed by atoms with van der Waals surface area (Å²) < 4.78 is 1.17. The highest BCUT2D eigenvalue weighted by atomic mass is 79.9. The fourth-order valence-corrected chi connectivity index (χ4v) is 2.82. The summed E-state index contributed by atoms with van der Waals surface area (Å²) >= 11 is 3.59. The molecule has 3 nitrogen and oxygen atoms in total. The molecule has 2 rings (SSSR count). The van der Waals surface area contributed by atoms with Gasteiger partial charge in [-0.3, -0.25) is 4.90 Å². The Balaban J connectivity index is 2.01. The van der Waals surface area contributed by atoms with E-state index in [0.29, 0.717) is 6.04 Å². The van der Waals surface area contributed by atoms with Crippen LogP contribution in [0.5, 0.6) is 0 Å². The van der Waals surface area contributed by atoms with Gasteiger partial charge in [-0.25, -0.2) is 0 Å². The number of anilines is 1. The third-order valence-electron chi connectivity index (χ3n) is 3.76. The number of aryl methyl sites for hydroxylation is 1. The van der Waals surface area contributed by atoms with Crippen molar-refractivity contribution in [2.45, 2.75) is 19.4 Å². The summed E-state index contributed by atoms with van der Waals surface area (Å²) in [7, 11) is 2.09. The smallest absolute Gasteiger partial charge is 0.0558 e. The zero-order chi connectivity index (χ0) is 13.1. The highest BCUT2D eigenvalue weighted by Gasteiger charge is 2.25. The fourth-order valence-electron chi connectivity index (χ4n) is 2.45. The number of aliphatic hydroxyl groups excluding tert-OH is 1. The van der Waals surface area contributed by atoms with E-state index < -0.39 is 0 Å². The van der Waals surface area contributed by atoms with Crippen LogP contribution in [0.4, 0.5) is 5.69 Å². The van der Waals surface area contributed by atoms with Gasteiger partial charge in [-0.1, -0.05) is 22.0 Å². The fraction of sp³-hybridized carbons (Fsp3) is 0.571. The Morgan fingerprint density at radius 3 is 2.94 bits per heavy atom. The van der Waals surface area contributed by atoms with E-state index in [1.807, 2.05) is 0 Å². The van der Waals surface area contributed by atoms with Gasteiger partial charge in [0.15, 0.2) is 0 Å². The predicted molar refractivity (Wildman–Crippen MR) is 79.2 cm³/mol. The average Bonchev–Trinajstić information content (AvgIpc) is 2.82. The quantitative estimate of drug-likeness (QED) is 0.924. The number of hydrogen-bond acceptors (Lipinski definition) is 3. The van der Waals surface area contributed by atoms with Gasteiger partial charge in [-0.05, 0) is 38.1 Å². The summed E-state index contributed by atoms with van der Waals surface area (Å²) in [4.78, 5) is 4.67. The first-order chi connectivity index (χ1) is 8.61. The highest BCUT2D eigenvalue weighted by molar-refractivity contribution is 9.10. The normalized spacial score (nSPS) is 19.8. The van der Waals surface area contributed by atoms with E-state index in [1.165, 1.54) is 22.1 Å². The number of halogens is 1. The third-order valence-corrected chi connectivity index (χ3v) is 4.61. The number of nitrogens with zero attached hydrogens (tertiary/aromatic N) is 2. The molecule has 0 saturated carbocycles. The Labute approximate surface area is 118 Å². The van der Waals surface area contributed by atoms with Crippen LogP contribution in [0.15, 0.2) is 22.7 Å². The van der Waals surface area contributed by atoms with Crippen LogP contribution in [0.1, 0.15) is 12.0 Å². The summed E-state index contributed by atoms with van der Waals surface area (Å²) in [5, 5.41) is 8.99. The number of rotatable bonds is 4. The van der Waals surface area contributed by atoms with Crippen LogP contribution in [0, 0.1) is 6.92 Å². The van der Waals surface area contributed by atoms with Crippen molar-refractivity contribution >= 4 is 21.6 Å². The standard InChI is InChI=1S/C14H21BrN2O/c1-11-3-4-12(9-14(11)15)17-6-5-13(10-17)16(2)7-8-18/h3-4,9,13,18H,5-8,10H2,1-2H3. The second-order valence-corrected chi connectivity index (χ2v) is 5.88. The number of hydrogen-bond donors (Lipinski definition) is 1. The molecule has 100 valence electrons. The zero-order valence-corrected chi connectivity index (χ0v) is 12.7. The molecule has 0 radical (unpaired) electrons. The van der Waals surface area contributed by atoms with E-state index in [4.69, 9.17) is 5.11 Å². The van der Waals surface area contributed by atoms with Gasteiger partial charge in [0.05, 0.1) is 6.61 Å². The van der Waals surface area contributed by atoms with Gasteiger partial charge < -0.3 is 10.0 Å². The molecule has 0 aromatic heterocycles. The Hall–Kier alpha value is -0.580. The van der Waals surface area contributed by atoms with Crippen molar-refractivity contribution in [3.63, 3.8) is 0 Å². The molecule has 1 atom stereocenters. The van der Waals surface area contributed by atoms with Crippen LogP contribution in [0.3, 0.4) is 0 Å². The highest BCUT2D eigenvalue weighted by Crippen LogP contribution is 2.27. The predicted octanol–water partition coefficient (Wildman–Crippen LogP) is 2.26. The van der Waals surface area contributed by atoms with Crippen LogP contribution in [0.2, 0.25) is 0 Å². The molecule has 4 heteroatoms. The molecule has 0 spiro atoms. The molecular weight excluding hydrogens is 292 g/mol. The monoisotopic (exact) mass is 312 g/mol. The maximum absolute atomic E-state index is 8.99. The van der Waals surface area contributed by atoms with Crippen molar-refractivity contribution in [3.8, 4) is 0 Å². The lowest BCUT2D eigenvalue weighted by molar-refractivity contribution is 0.188. The van der Waals surface area contributed by atoms with E-state index in [2.05, 4.69) is 57.9 Å². The van der Waals surface area contributed by atoms with E-state index in [9.17, 15) is 0 Å². The molecule has 1 aliphatic heterocycles. The number of aliphatic hydroxyl groups is 1. The maximum Gasteiger partial charge on any atom is 0.0558 e. The van der Waals surface area contributed by atoms with Crippen LogP contribution in [-0.2, 0) is 0 Å². The SMILES string of the molecule is Cc1ccc(N2CCC(N(C)CCO)C2)cc1Br. The Morgan fingerprint density at radius 2 is 2.28 bits per heavy atom. The van der Waals surface area contributed by atoms with Crippen LogP contribution >= 0.6 is 15.9 Å². The van der Waals surface area contributed by atoms with Gasteiger partial charge in [0, 0.05) is 35.8 Å². The van der Waals surface area contributed by atoms with Gasteiger partial charge in [0.25, 0.3) is 0 Å². The molecule has 1 heterocycles. The molecule has 1 aromatic rings. The Kier molecular flexibility index (Phi) is 4.65. The lowest BCUT2D eigenvalue weighted by Crippen LogP contribution is -2.36. The summed E-state index contributed by atoms with van der Waals surface area (Å²) in [6, 6.07) is 7.10. The van der Waals surface area contributed by atoms with E-state index >= 15 is 0 Å². The first kappa shape index (κ1) is 13.8. The molecule has 0 bridgehead atoms. The minimum Gasteiger partial charge on any atom is -0.395 e. The van der Waals surface area contributed by atoms with E-state index in [-0.39, 0.29) is 6.61 Å². The number of likely N-dealkylation sites (N-methyl/N-ethyl adjacent to an activating group) is 1. The summed E-state index contributed by atoms with van der Waals surface area (Å²) in [5.41, 5.74) is 2.55. The molecule has 0 amide bonds. The molecule has 1 saturated heterocycles. The third kappa shape index (κ3) is 3.05. The summed E-state index contributed by atoms with van der Waals surface area (Å²) in [6.45, 7) is 5.25. The first-order valence-electron chi connectivity index (χ1n) is 6.44. The van der Waals surface area contributed by atoms with Gasteiger partial charge in [-0.15, -0.1) is 0 Å². The van der Waals surface area contributed by atoms with Crippen molar-refractivity contribution in [2.24, 2.45) is 0 Å². The van der Waals surface area contributed by atoms with Gasteiger partial charge in [0.2, 0.25) is 0 Å². The molecule has 1 aliphatic rings. The van der Waals surface area contributed by atoms with Crippen LogP contribution < -0.4 is 4.90 Å². The minimum absolute atomic E-state index is 0.239. The topological polar surface area (TPSA) is 26.7 Å². The van der Waals surface area contributed by atoms with Gasteiger partial charge >= 0.3 is 0 Å². The first-order valence-corrected chi connectivity index (χ1v) is 7.23. The lowest BCUT2D eigenvalue weighted by atomic mass is 10.2. The van der Waals surface area contributed by atoms with E-state index in [1.54, 1.807) is 0 Å². The second kappa shape index (κ2) is 6.04. The summed E-state index contributed by atoms with van der Waals surface area (Å²) in [6.07, 6.45) is 1.17. The van der Waals surface area contributed by atoms with Crippen LogP contribution in [0.25, 0.3) is 0 Å². The molecule has 1 aromatic carbocycles. The molecule has 1 N–H and O–H groups in total. The minimum atomic E-state index is 0.239.